The van der Waals surface area contributed by atoms with E-state index >= 15 is 0 Å². The number of hydrogen-bond acceptors (Lipinski definition) is 6. The van der Waals surface area contributed by atoms with Gasteiger partial charge in [-0.3, -0.25) is 14.4 Å². The number of para-hydroxylation sites is 1. The fraction of sp³-hybridized carbons (Fsp3) is 0.462. The number of carbonyl (C=O) groups excluding carboxylic acids is 3. The number of amides is 3. The number of anilines is 1. The van der Waals surface area contributed by atoms with Crippen LogP contribution in [0, 0.1) is 5.41 Å². The number of hydrogen-bond donors (Lipinski definition) is 2. The number of fused-ring (bicyclic) bond motifs is 9. The molecule has 3 aliphatic heterocycles. The van der Waals surface area contributed by atoms with Crippen molar-refractivity contribution in [2.24, 2.45) is 5.41 Å². The van der Waals surface area contributed by atoms with E-state index in [1.54, 1.807) is 42.3 Å². The van der Waals surface area contributed by atoms with Crippen LogP contribution < -0.4 is 15.8 Å². The first kappa shape index (κ1) is 24.5. The SMILES string of the molecule is CNC(=O)C12CCCCN(C(=O)c3cccc(N)n3)CCOc3ccccc3C(=O)N(CC1)CC2. The smallest absolute Gasteiger partial charge is 0.272 e. The van der Waals surface area contributed by atoms with E-state index in [2.05, 4.69) is 10.3 Å². The Morgan fingerprint density at radius 3 is 2.51 bits per heavy atom. The summed E-state index contributed by atoms with van der Waals surface area (Å²) in [5, 5.41) is 2.83. The first-order valence-corrected chi connectivity index (χ1v) is 12.2. The van der Waals surface area contributed by atoms with Gasteiger partial charge in [0.25, 0.3) is 11.8 Å². The third-order valence-corrected chi connectivity index (χ3v) is 7.06. The maximum Gasteiger partial charge on any atom is 0.272 e. The van der Waals surface area contributed by atoms with E-state index in [0.29, 0.717) is 56.8 Å². The summed E-state index contributed by atoms with van der Waals surface area (Å²) in [6.45, 7) is 2.12. The van der Waals surface area contributed by atoms with Gasteiger partial charge in [0.2, 0.25) is 5.91 Å². The molecule has 0 aliphatic carbocycles. The first-order valence-electron chi connectivity index (χ1n) is 12.2. The molecule has 4 heterocycles. The first-order chi connectivity index (χ1) is 16.9. The number of aromatic nitrogens is 1. The number of nitrogen functional groups attached to an aromatic ring is 1. The highest BCUT2D eigenvalue weighted by Crippen LogP contribution is 2.38. The molecule has 1 aromatic carbocycles. The third-order valence-electron chi connectivity index (χ3n) is 7.06. The number of piperidine rings is 1. The zero-order chi connectivity index (χ0) is 24.8. The van der Waals surface area contributed by atoms with Gasteiger partial charge in [-0.1, -0.05) is 24.6 Å². The summed E-state index contributed by atoms with van der Waals surface area (Å²) in [6.07, 6.45) is 3.46. The van der Waals surface area contributed by atoms with Crippen LogP contribution in [0.2, 0.25) is 0 Å². The normalized spacial score (nSPS) is 18.6. The molecule has 0 spiro atoms. The molecule has 0 unspecified atom stereocenters. The van der Waals surface area contributed by atoms with E-state index in [9.17, 15) is 14.4 Å². The molecule has 5 rings (SSSR count). The lowest BCUT2D eigenvalue weighted by Gasteiger charge is -2.40. The van der Waals surface area contributed by atoms with Crippen molar-refractivity contribution in [3.8, 4) is 5.75 Å². The van der Waals surface area contributed by atoms with Crippen LogP contribution in [0.25, 0.3) is 0 Å². The number of carbonyl (C=O) groups is 3. The molecule has 2 aromatic rings. The van der Waals surface area contributed by atoms with Gasteiger partial charge in [0.1, 0.15) is 23.9 Å². The van der Waals surface area contributed by atoms with Crippen molar-refractivity contribution in [3.05, 3.63) is 53.7 Å². The molecule has 0 saturated carbocycles. The molecule has 9 heteroatoms. The summed E-state index contributed by atoms with van der Waals surface area (Å²) in [6, 6.07) is 12.2. The summed E-state index contributed by atoms with van der Waals surface area (Å²) in [7, 11) is 1.66. The molecule has 1 aromatic heterocycles. The molecule has 1 fully saturated rings. The number of pyridine rings is 1. The topological polar surface area (TPSA) is 118 Å². The molecule has 0 atom stereocenters. The highest BCUT2D eigenvalue weighted by molar-refractivity contribution is 5.97. The second-order valence-corrected chi connectivity index (χ2v) is 9.19. The van der Waals surface area contributed by atoms with Gasteiger partial charge >= 0.3 is 0 Å². The van der Waals surface area contributed by atoms with Gasteiger partial charge in [-0.15, -0.1) is 0 Å². The summed E-state index contributed by atoms with van der Waals surface area (Å²) >= 11 is 0. The quantitative estimate of drug-likeness (QED) is 0.683. The maximum atomic E-state index is 13.3. The molecule has 1 saturated heterocycles. The van der Waals surface area contributed by atoms with Crippen LogP contribution in [-0.2, 0) is 4.79 Å². The Bertz CT molecular complexity index is 1080. The largest absolute Gasteiger partial charge is 0.491 e. The molecule has 3 N–H and O–H groups in total. The van der Waals surface area contributed by atoms with Crippen LogP contribution in [-0.4, -0.2) is 72.3 Å². The molecule has 0 radical (unpaired) electrons. The number of benzene rings is 1. The zero-order valence-corrected chi connectivity index (χ0v) is 20.2. The molecular weight excluding hydrogens is 446 g/mol. The van der Waals surface area contributed by atoms with Crippen molar-refractivity contribution < 1.29 is 19.1 Å². The molecule has 2 bridgehead atoms. The van der Waals surface area contributed by atoms with Gasteiger partial charge in [0.05, 0.1) is 17.5 Å². The maximum absolute atomic E-state index is 13.3. The summed E-state index contributed by atoms with van der Waals surface area (Å²) in [5.41, 5.74) is 6.06. The van der Waals surface area contributed by atoms with Gasteiger partial charge in [0.15, 0.2) is 0 Å². The minimum Gasteiger partial charge on any atom is -0.491 e. The Kier molecular flexibility index (Phi) is 7.53. The average molecular weight is 480 g/mol. The standard InChI is InChI=1S/C26H33N5O4/c1-28-25(34)26-11-4-5-14-30(24(33)20-8-6-10-22(27)29-20)17-18-35-21-9-3-2-7-19(21)23(32)31(15-12-26)16-13-26/h2-3,6-10H,4-5,11-18H2,1H3,(H2,27,29)(H,28,34). The lowest BCUT2D eigenvalue weighted by molar-refractivity contribution is -0.133. The summed E-state index contributed by atoms with van der Waals surface area (Å²) < 4.78 is 6.00. The third kappa shape index (κ3) is 5.39. The lowest BCUT2D eigenvalue weighted by Crippen LogP contribution is -2.49. The molecule has 3 amide bonds. The minimum atomic E-state index is -0.508. The van der Waals surface area contributed by atoms with Crippen LogP contribution in [0.3, 0.4) is 0 Å². The fourth-order valence-electron chi connectivity index (χ4n) is 5.01. The van der Waals surface area contributed by atoms with E-state index in [4.69, 9.17) is 10.5 Å². The number of nitrogens with zero attached hydrogens (tertiary/aromatic N) is 3. The predicted molar refractivity (Wildman–Crippen MR) is 132 cm³/mol. The molecule has 9 nitrogen and oxygen atoms in total. The van der Waals surface area contributed by atoms with Gasteiger partial charge in [0, 0.05) is 26.7 Å². The van der Waals surface area contributed by atoms with Gasteiger partial charge in [-0.25, -0.2) is 4.98 Å². The Hall–Kier alpha value is -3.62. The van der Waals surface area contributed by atoms with Crippen molar-refractivity contribution in [2.75, 3.05) is 45.6 Å². The minimum absolute atomic E-state index is 0.0227. The van der Waals surface area contributed by atoms with E-state index in [-0.39, 0.29) is 35.8 Å². The van der Waals surface area contributed by atoms with Gasteiger partial charge < -0.3 is 25.6 Å². The van der Waals surface area contributed by atoms with Gasteiger partial charge in [-0.2, -0.15) is 0 Å². The van der Waals surface area contributed by atoms with Crippen molar-refractivity contribution in [1.82, 2.24) is 20.1 Å². The highest BCUT2D eigenvalue weighted by Gasteiger charge is 2.41. The van der Waals surface area contributed by atoms with Crippen molar-refractivity contribution in [3.63, 3.8) is 0 Å². The fourth-order valence-corrected chi connectivity index (χ4v) is 5.01. The van der Waals surface area contributed by atoms with Crippen LogP contribution in [0.1, 0.15) is 53.0 Å². The summed E-state index contributed by atoms with van der Waals surface area (Å²) in [4.78, 5) is 47.1. The van der Waals surface area contributed by atoms with E-state index in [1.807, 2.05) is 17.0 Å². The van der Waals surface area contributed by atoms with Crippen LogP contribution in [0.5, 0.6) is 5.75 Å². The summed E-state index contributed by atoms with van der Waals surface area (Å²) in [5.74, 6) is 0.483. The van der Waals surface area contributed by atoms with E-state index in [1.165, 1.54) is 0 Å². The predicted octanol–water partition coefficient (Wildman–Crippen LogP) is 2.34. The molecule has 186 valence electrons. The van der Waals surface area contributed by atoms with Gasteiger partial charge in [-0.05, 0) is 49.9 Å². The number of rotatable bonds is 2. The van der Waals surface area contributed by atoms with E-state index in [0.717, 1.165) is 12.8 Å². The Morgan fingerprint density at radius 1 is 1.00 bits per heavy atom. The second kappa shape index (κ2) is 10.8. The monoisotopic (exact) mass is 479 g/mol. The highest BCUT2D eigenvalue weighted by atomic mass is 16.5. The van der Waals surface area contributed by atoms with Crippen LogP contribution >= 0.6 is 0 Å². The van der Waals surface area contributed by atoms with Crippen molar-refractivity contribution in [1.29, 1.82) is 0 Å². The molecular formula is C26H33N5O4. The van der Waals surface area contributed by atoms with Crippen molar-refractivity contribution in [2.45, 2.75) is 32.1 Å². The number of nitrogens with one attached hydrogen (secondary N) is 1. The zero-order valence-electron chi connectivity index (χ0n) is 20.2. The van der Waals surface area contributed by atoms with Crippen molar-refractivity contribution >= 4 is 23.5 Å². The lowest BCUT2D eigenvalue weighted by atomic mass is 9.73. The second-order valence-electron chi connectivity index (χ2n) is 9.19. The Morgan fingerprint density at radius 2 is 1.77 bits per heavy atom. The Labute approximate surface area is 205 Å². The number of ether oxygens (including phenoxy) is 1. The Balaban J connectivity index is 1.60. The molecule has 35 heavy (non-hydrogen) atoms. The number of nitrogens with two attached hydrogens (primary N) is 1. The van der Waals surface area contributed by atoms with Crippen LogP contribution in [0.15, 0.2) is 42.5 Å². The van der Waals surface area contributed by atoms with E-state index < -0.39 is 5.41 Å². The molecule has 3 aliphatic rings. The van der Waals surface area contributed by atoms with Crippen LogP contribution in [0.4, 0.5) is 5.82 Å². The average Bonchev–Trinajstić information content (AvgIpc) is 2.89.